The molecule has 1 saturated heterocycles. The summed E-state index contributed by atoms with van der Waals surface area (Å²) < 4.78 is 10.8. The van der Waals surface area contributed by atoms with Gasteiger partial charge in [0, 0.05) is 12.0 Å². The van der Waals surface area contributed by atoms with Crippen molar-refractivity contribution in [1.29, 1.82) is 0 Å². The number of methoxy groups -OCH3 is 1. The molecule has 1 N–H and O–H groups in total. The predicted molar refractivity (Wildman–Crippen MR) is 252 cm³/mol. The van der Waals surface area contributed by atoms with Crippen LogP contribution in [0, 0.1) is 37.5 Å². The van der Waals surface area contributed by atoms with Gasteiger partial charge in [-0.15, -0.1) is 33.1 Å². The second-order valence-corrected chi connectivity index (χ2v) is 16.6. The van der Waals surface area contributed by atoms with Crippen LogP contribution in [-0.2, 0) is 25.5 Å². The number of carbonyl (C=O) groups excluding carboxylic acids is 3. The van der Waals surface area contributed by atoms with Crippen LogP contribution in [0.2, 0.25) is 0 Å². The van der Waals surface area contributed by atoms with E-state index in [-0.39, 0.29) is 67.1 Å². The SMILES string of the molecule is C.C=Cc1c2[n-]c(c1C)/C=C1/[N-]C(C3=c4[n-]/c(c(C)c4C(=O)[C@@H]3C(=O)OC)=C\c3[n-]c(/c(=C\O)c3CC)=C\2)[C@@H](CCC(=O)OC/C=C(\C)CCC)[C@@H]1C.CCCC(C)CCC.[Mg+2]. The van der Waals surface area contributed by atoms with Crippen LogP contribution in [0.4, 0.5) is 0 Å². The number of rotatable bonds is 14. The van der Waals surface area contributed by atoms with Crippen LogP contribution in [0.5, 0.6) is 0 Å². The van der Waals surface area contributed by atoms with Gasteiger partial charge in [-0.3, -0.25) is 14.4 Å². The summed E-state index contributed by atoms with van der Waals surface area (Å²) in [5.74, 6) is -2.06. The van der Waals surface area contributed by atoms with E-state index in [1.807, 2.05) is 52.0 Å². The fourth-order valence-corrected chi connectivity index (χ4v) is 9.11. The molecule has 1 aliphatic carbocycles. The number of ether oxygens (including phenoxy) is 2. The first kappa shape index (κ1) is 51.9. The first-order valence-electron chi connectivity index (χ1n) is 21.8. The summed E-state index contributed by atoms with van der Waals surface area (Å²) >= 11 is 0. The third kappa shape index (κ3) is 10.8. The second-order valence-electron chi connectivity index (χ2n) is 16.6. The van der Waals surface area contributed by atoms with Gasteiger partial charge in [0.15, 0.2) is 5.78 Å². The van der Waals surface area contributed by atoms with Crippen molar-refractivity contribution >= 4 is 76.9 Å². The number of carbonyl (C=O) groups is 3. The number of hydrogen-bond acceptors (Lipinski definition) is 6. The quantitative estimate of drug-likeness (QED) is 0.0760. The number of esters is 2. The van der Waals surface area contributed by atoms with Crippen LogP contribution in [0.25, 0.3) is 41.5 Å². The number of aliphatic hydroxyl groups excluding tert-OH is 1. The number of allylic oxidation sites excluding steroid dienone is 2. The molecule has 1 fully saturated rings. The average Bonchev–Trinajstić information content (AvgIpc) is 3.97. The molecule has 3 aliphatic rings. The molecular formula is C51H68MgN4O6-2. The molecule has 10 nitrogen and oxygen atoms in total. The molecule has 11 heteroatoms. The Hall–Kier alpha value is -4.48. The van der Waals surface area contributed by atoms with Crippen molar-refractivity contribution < 1.29 is 29.0 Å². The summed E-state index contributed by atoms with van der Waals surface area (Å²) in [6, 6.07) is -0.643. The van der Waals surface area contributed by atoms with E-state index in [4.69, 9.17) is 29.7 Å². The molecule has 0 amide bonds. The monoisotopic (exact) mass is 857 g/mol. The van der Waals surface area contributed by atoms with Crippen molar-refractivity contribution in [1.82, 2.24) is 15.0 Å². The van der Waals surface area contributed by atoms with Crippen LogP contribution in [-0.4, -0.2) is 65.6 Å². The maximum absolute atomic E-state index is 14.2. The van der Waals surface area contributed by atoms with Crippen LogP contribution in [0.3, 0.4) is 0 Å². The third-order valence-electron chi connectivity index (χ3n) is 12.4. The van der Waals surface area contributed by atoms with Gasteiger partial charge in [-0.05, 0) is 74.6 Å². The van der Waals surface area contributed by atoms with E-state index in [9.17, 15) is 19.5 Å². The van der Waals surface area contributed by atoms with Gasteiger partial charge in [0.1, 0.15) is 12.5 Å². The normalized spacial score (nSPS) is 20.9. The van der Waals surface area contributed by atoms with Gasteiger partial charge in [0.25, 0.3) is 0 Å². The van der Waals surface area contributed by atoms with E-state index in [1.165, 1.54) is 38.4 Å². The summed E-state index contributed by atoms with van der Waals surface area (Å²) in [5, 5.41) is 17.7. The molecule has 332 valence electrons. The largest absolute Gasteiger partial charge is 2.00 e. The van der Waals surface area contributed by atoms with Gasteiger partial charge >= 0.3 is 35.0 Å². The van der Waals surface area contributed by atoms with Crippen molar-refractivity contribution in [3.8, 4) is 0 Å². The Morgan fingerprint density at radius 3 is 2.21 bits per heavy atom. The Morgan fingerprint density at radius 2 is 1.61 bits per heavy atom. The molecule has 0 aromatic carbocycles. The zero-order valence-corrected chi connectivity index (χ0v) is 39.5. The number of ketones is 1. The molecule has 6 rings (SSSR count). The molecule has 4 atom stereocenters. The standard InChI is InChI=1S/C42H46N4O6.C8H18.CH4.Mg/c1-9-12-21(4)15-16-52-35(48)14-13-27-23(6)30-17-29-22(5)25(10-2)32(43-29)19-34-28(20-47)26(11-3)33(44-34)18-31-24(7)36-40(46-31)37(39(27)45-30)38(41(36)49)42(50)51-8;1-4-6-8(3)7-5-2;;/h10,15,17-20,23,27,38-39H,2,9,11-14,16H2,1,3-8H3,(H,47,49);8H,4-7H2,1-3H3;1H4;/q-4;;;+2/b21-15+,30-17+,34-19-;;;/t23-,27-,38+,39?;;;/m0.../s1. The molecule has 8 bridgehead atoms. The maximum atomic E-state index is 14.2. The van der Waals surface area contributed by atoms with Gasteiger partial charge in [-0.1, -0.05) is 146 Å². The number of aliphatic hydroxyl groups is 1. The van der Waals surface area contributed by atoms with E-state index < -0.39 is 17.9 Å². The first-order chi connectivity index (χ1) is 28.8. The molecule has 1 unspecified atom stereocenters. The van der Waals surface area contributed by atoms with Gasteiger partial charge in [0.05, 0.1) is 13.4 Å². The number of aromatic nitrogens is 3. The molecule has 0 spiro atoms. The fraction of sp³-hybridized carbons (Fsp3) is 0.510. The zero-order chi connectivity index (χ0) is 43.8. The minimum Gasteiger partial charge on any atom is -0.681 e. The van der Waals surface area contributed by atoms with Crippen molar-refractivity contribution in [3.05, 3.63) is 95.4 Å². The molecule has 62 heavy (non-hydrogen) atoms. The van der Waals surface area contributed by atoms with Crippen molar-refractivity contribution in [2.45, 2.75) is 134 Å². The van der Waals surface area contributed by atoms with Crippen molar-refractivity contribution in [2.24, 2.45) is 23.7 Å². The summed E-state index contributed by atoms with van der Waals surface area (Å²) in [6.07, 6.45) is 19.0. The van der Waals surface area contributed by atoms with Crippen LogP contribution >= 0.6 is 0 Å². The van der Waals surface area contributed by atoms with Gasteiger partial charge < -0.3 is 34.8 Å². The Labute approximate surface area is 385 Å². The van der Waals surface area contributed by atoms with Crippen LogP contribution in [0.15, 0.2) is 23.9 Å². The van der Waals surface area contributed by atoms with Crippen LogP contribution in [0.1, 0.15) is 157 Å². The first-order valence-corrected chi connectivity index (χ1v) is 21.8. The Balaban J connectivity index is 0.000000933. The minimum absolute atomic E-state index is 0. The average molecular weight is 857 g/mol. The number of nitrogens with zero attached hydrogens (tertiary/aromatic N) is 4. The second kappa shape index (κ2) is 23.3. The summed E-state index contributed by atoms with van der Waals surface area (Å²) in [6.45, 7) is 23.1. The van der Waals surface area contributed by atoms with Crippen molar-refractivity contribution in [2.75, 3.05) is 13.7 Å². The molecule has 0 radical (unpaired) electrons. The van der Waals surface area contributed by atoms with E-state index in [0.717, 1.165) is 47.4 Å². The van der Waals surface area contributed by atoms with E-state index >= 15 is 0 Å². The molecule has 3 aromatic heterocycles. The van der Waals surface area contributed by atoms with Crippen LogP contribution < -0.4 is 36.2 Å². The number of fused-ring (bicyclic) bond motifs is 8. The summed E-state index contributed by atoms with van der Waals surface area (Å²) in [4.78, 5) is 55.6. The Morgan fingerprint density at radius 1 is 0.935 bits per heavy atom. The van der Waals surface area contributed by atoms with Crippen molar-refractivity contribution in [3.63, 3.8) is 0 Å². The van der Waals surface area contributed by atoms with E-state index in [0.29, 0.717) is 67.9 Å². The predicted octanol–water partition coefficient (Wildman–Crippen LogP) is 7.38. The third-order valence-corrected chi connectivity index (χ3v) is 12.4. The zero-order valence-electron chi connectivity index (χ0n) is 38.1. The van der Waals surface area contributed by atoms with Gasteiger partial charge in [0.2, 0.25) is 0 Å². The number of hydrogen-bond donors (Lipinski definition) is 1. The molecule has 2 aliphatic heterocycles. The summed E-state index contributed by atoms with van der Waals surface area (Å²) in [5.41, 5.74) is 7.89. The van der Waals surface area contributed by atoms with Gasteiger partial charge in [-0.2, -0.15) is 5.70 Å². The van der Waals surface area contributed by atoms with E-state index in [1.54, 1.807) is 6.08 Å². The Kier molecular flexibility index (Phi) is 19.5. The smallest absolute Gasteiger partial charge is 0.681 e. The Bertz CT molecular complexity index is 2400. The maximum Gasteiger partial charge on any atom is 2.00 e. The van der Waals surface area contributed by atoms with E-state index in [2.05, 4.69) is 41.2 Å². The number of Topliss-reactive ketones (excluding diaryl/α,β-unsaturated/α-hetero) is 1. The molecule has 0 saturated carbocycles. The molecule has 5 heterocycles. The molecule has 3 aromatic rings. The summed E-state index contributed by atoms with van der Waals surface area (Å²) in [7, 11) is 1.27. The fourth-order valence-electron chi connectivity index (χ4n) is 9.11. The minimum atomic E-state index is -1.21. The topological polar surface area (TPSA) is 146 Å². The molecular weight excluding hydrogens is 789 g/mol. The van der Waals surface area contributed by atoms with Gasteiger partial charge in [-0.25, -0.2) is 0 Å².